The number of rotatable bonds is 2. The lowest BCUT2D eigenvalue weighted by molar-refractivity contribution is 0.0678. The molecule has 0 aromatic rings. The molecule has 6 nitrogen and oxygen atoms in total. The lowest BCUT2D eigenvalue weighted by Gasteiger charge is -2.40. The van der Waals surface area contributed by atoms with E-state index in [1.807, 2.05) is 6.92 Å². The van der Waals surface area contributed by atoms with E-state index in [-0.39, 0.29) is 6.09 Å². The van der Waals surface area contributed by atoms with Crippen molar-refractivity contribution >= 4 is 11.8 Å². The molecule has 20 heavy (non-hydrogen) atoms. The average Bonchev–Trinajstić information content (AvgIpc) is 3.08. The summed E-state index contributed by atoms with van der Waals surface area (Å²) < 4.78 is 5.04. The summed E-state index contributed by atoms with van der Waals surface area (Å²) in [5, 5.41) is 12.9. The third-order valence-electron chi connectivity index (χ3n) is 4.99. The average molecular weight is 281 g/mol. The summed E-state index contributed by atoms with van der Waals surface area (Å²) in [5.74, 6) is 1.12. The van der Waals surface area contributed by atoms with E-state index in [0.29, 0.717) is 37.6 Å². The number of carbonyl (C=O) groups excluding carboxylic acids is 1. The number of oxime groups is 1. The quantitative estimate of drug-likeness (QED) is 0.613. The normalized spacial score (nSPS) is 35.8. The molecule has 1 saturated heterocycles. The Bertz CT molecular complexity index is 404. The van der Waals surface area contributed by atoms with Gasteiger partial charge in [-0.25, -0.2) is 4.79 Å². The largest absolute Gasteiger partial charge is 0.450 e. The molecule has 0 aromatic heterocycles. The summed E-state index contributed by atoms with van der Waals surface area (Å²) in [5.41, 5.74) is 0.978. The van der Waals surface area contributed by atoms with Gasteiger partial charge in [-0.15, -0.1) is 0 Å². The Morgan fingerprint density at radius 1 is 1.35 bits per heavy atom. The number of ether oxygens (including phenoxy) is 1. The van der Waals surface area contributed by atoms with Crippen LogP contribution in [0.1, 0.15) is 26.2 Å². The molecule has 2 aliphatic carbocycles. The van der Waals surface area contributed by atoms with Gasteiger partial charge in [-0.1, -0.05) is 5.16 Å². The van der Waals surface area contributed by atoms with Gasteiger partial charge in [-0.2, -0.15) is 0 Å². The Hall–Kier alpha value is -1.30. The van der Waals surface area contributed by atoms with E-state index in [2.05, 4.69) is 10.1 Å². The van der Waals surface area contributed by atoms with E-state index in [0.717, 1.165) is 18.8 Å². The minimum absolute atomic E-state index is 0.212. The van der Waals surface area contributed by atoms with E-state index >= 15 is 0 Å². The highest BCUT2D eigenvalue weighted by Gasteiger charge is 2.48. The first-order chi connectivity index (χ1) is 9.74. The van der Waals surface area contributed by atoms with Crippen molar-refractivity contribution in [1.29, 1.82) is 0 Å². The van der Waals surface area contributed by atoms with Crippen LogP contribution in [0.2, 0.25) is 0 Å². The molecule has 0 radical (unpaired) electrons. The number of hydrogen-bond acceptors (Lipinski definition) is 5. The minimum atomic E-state index is -0.212. The van der Waals surface area contributed by atoms with Crippen LogP contribution in [0.4, 0.5) is 4.79 Å². The maximum Gasteiger partial charge on any atom is 0.409 e. The highest BCUT2D eigenvalue weighted by atomic mass is 16.6. The maximum absolute atomic E-state index is 11.7. The van der Waals surface area contributed by atoms with Gasteiger partial charge in [-0.05, 0) is 32.1 Å². The summed E-state index contributed by atoms with van der Waals surface area (Å²) in [6, 6.07) is 0.295. The highest BCUT2D eigenvalue weighted by molar-refractivity contribution is 5.94. The van der Waals surface area contributed by atoms with Crippen molar-refractivity contribution < 1.29 is 14.7 Å². The van der Waals surface area contributed by atoms with Gasteiger partial charge in [0.15, 0.2) is 0 Å². The second-order valence-corrected chi connectivity index (χ2v) is 5.96. The van der Waals surface area contributed by atoms with E-state index in [9.17, 15) is 10.0 Å². The van der Waals surface area contributed by atoms with E-state index in [1.54, 1.807) is 4.90 Å². The fraction of sp³-hybridized carbons (Fsp3) is 0.857. The highest BCUT2D eigenvalue weighted by Crippen LogP contribution is 2.45. The first-order valence-electron chi connectivity index (χ1n) is 7.62. The number of carbonyl (C=O) groups is 1. The van der Waals surface area contributed by atoms with Gasteiger partial charge in [0.05, 0.1) is 18.4 Å². The predicted octanol–water partition coefficient (Wildman–Crippen LogP) is 1.39. The molecule has 0 aromatic carbocycles. The molecule has 1 N–H and O–H groups in total. The second-order valence-electron chi connectivity index (χ2n) is 5.96. The monoisotopic (exact) mass is 281 g/mol. The molecule has 3 fully saturated rings. The Kier molecular flexibility index (Phi) is 3.83. The van der Waals surface area contributed by atoms with Crippen molar-refractivity contribution in [1.82, 2.24) is 9.80 Å². The van der Waals surface area contributed by atoms with Crippen LogP contribution in [0.25, 0.3) is 0 Å². The number of amides is 1. The molecule has 2 saturated carbocycles. The molecule has 6 heteroatoms. The van der Waals surface area contributed by atoms with Gasteiger partial charge in [0, 0.05) is 32.1 Å². The van der Waals surface area contributed by atoms with Gasteiger partial charge in [-0.3, -0.25) is 4.90 Å². The lowest BCUT2D eigenvalue weighted by atomic mass is 9.91. The lowest BCUT2D eigenvalue weighted by Crippen LogP contribution is -2.55. The predicted molar refractivity (Wildman–Crippen MR) is 74.0 cm³/mol. The van der Waals surface area contributed by atoms with Crippen molar-refractivity contribution in [3.05, 3.63) is 0 Å². The van der Waals surface area contributed by atoms with Crippen LogP contribution < -0.4 is 0 Å². The fourth-order valence-electron chi connectivity index (χ4n) is 4.08. The van der Waals surface area contributed by atoms with Crippen LogP contribution in [0.5, 0.6) is 0 Å². The molecule has 3 rings (SSSR count). The molecular weight excluding hydrogens is 258 g/mol. The van der Waals surface area contributed by atoms with E-state index in [1.165, 1.54) is 19.3 Å². The number of piperazine rings is 1. The Morgan fingerprint density at radius 3 is 2.75 bits per heavy atom. The van der Waals surface area contributed by atoms with Crippen molar-refractivity contribution in [2.45, 2.75) is 32.2 Å². The van der Waals surface area contributed by atoms with Crippen LogP contribution in [-0.4, -0.2) is 65.6 Å². The molecule has 2 bridgehead atoms. The molecular formula is C14H23N3O3. The Labute approximate surface area is 119 Å². The zero-order valence-corrected chi connectivity index (χ0v) is 12.0. The molecule has 3 aliphatic rings. The maximum atomic E-state index is 11.7. The molecule has 1 heterocycles. The third-order valence-corrected chi connectivity index (χ3v) is 4.99. The zero-order valence-electron chi connectivity index (χ0n) is 12.0. The molecule has 1 amide bonds. The van der Waals surface area contributed by atoms with Crippen LogP contribution in [0.15, 0.2) is 5.16 Å². The van der Waals surface area contributed by atoms with Gasteiger partial charge < -0.3 is 14.8 Å². The molecule has 112 valence electrons. The van der Waals surface area contributed by atoms with Gasteiger partial charge in [0.1, 0.15) is 0 Å². The third kappa shape index (κ3) is 2.26. The summed E-state index contributed by atoms with van der Waals surface area (Å²) in [6.07, 6.45) is 3.37. The smallest absolute Gasteiger partial charge is 0.409 e. The van der Waals surface area contributed by atoms with Crippen LogP contribution in [0.3, 0.4) is 0 Å². The Balaban J connectivity index is 1.60. The standard InChI is InChI=1S/C14H23N3O3/c1-2-20-14(18)17-7-5-16(6-8-17)13-11-4-3-10(9-11)12(13)15-19/h10-11,13,19H,2-9H2,1H3/b15-12-/t10-,11-,13-/m0/s1. The van der Waals surface area contributed by atoms with Crippen molar-refractivity contribution in [3.8, 4) is 0 Å². The second kappa shape index (κ2) is 5.60. The van der Waals surface area contributed by atoms with Crippen molar-refractivity contribution in [3.63, 3.8) is 0 Å². The fourth-order valence-corrected chi connectivity index (χ4v) is 4.08. The summed E-state index contributed by atoms with van der Waals surface area (Å²) >= 11 is 0. The number of nitrogens with zero attached hydrogens (tertiary/aromatic N) is 3. The topological polar surface area (TPSA) is 65.4 Å². The molecule has 1 aliphatic heterocycles. The zero-order chi connectivity index (χ0) is 14.1. The number of fused-ring (bicyclic) bond motifs is 2. The van der Waals surface area contributed by atoms with Crippen molar-refractivity contribution in [2.24, 2.45) is 17.0 Å². The van der Waals surface area contributed by atoms with E-state index < -0.39 is 0 Å². The van der Waals surface area contributed by atoms with Gasteiger partial charge in [0.25, 0.3) is 0 Å². The number of hydrogen-bond donors (Lipinski definition) is 1. The summed E-state index contributed by atoms with van der Waals surface area (Å²) in [7, 11) is 0. The summed E-state index contributed by atoms with van der Waals surface area (Å²) in [6.45, 7) is 5.33. The first-order valence-corrected chi connectivity index (χ1v) is 7.62. The summed E-state index contributed by atoms with van der Waals surface area (Å²) in [4.78, 5) is 15.8. The molecule has 3 atom stereocenters. The Morgan fingerprint density at radius 2 is 2.10 bits per heavy atom. The first kappa shape index (κ1) is 13.7. The SMILES string of the molecule is CCOC(=O)N1CCN([C@@H]2/C(=N\O)[C@H]3CC[C@H]2C3)CC1. The van der Waals surface area contributed by atoms with Crippen molar-refractivity contribution in [2.75, 3.05) is 32.8 Å². The van der Waals surface area contributed by atoms with E-state index in [4.69, 9.17) is 4.74 Å². The van der Waals surface area contributed by atoms with Crippen LogP contribution >= 0.6 is 0 Å². The van der Waals surface area contributed by atoms with Crippen LogP contribution in [-0.2, 0) is 4.74 Å². The molecule has 0 spiro atoms. The van der Waals surface area contributed by atoms with Gasteiger partial charge >= 0.3 is 6.09 Å². The van der Waals surface area contributed by atoms with Crippen LogP contribution in [0, 0.1) is 11.8 Å². The van der Waals surface area contributed by atoms with Gasteiger partial charge in [0.2, 0.25) is 0 Å². The molecule has 0 unspecified atom stereocenters. The minimum Gasteiger partial charge on any atom is -0.450 e.